The summed E-state index contributed by atoms with van der Waals surface area (Å²) in [6.07, 6.45) is -0.608. The molecule has 250 valence electrons. The Bertz CT molecular complexity index is 1160. The molecule has 0 N–H and O–H groups in total. The minimum atomic E-state index is -3.54. The van der Waals surface area contributed by atoms with Gasteiger partial charge in [-0.1, -0.05) is 23.7 Å². The molecular formula is C32H52ClN2O8P. The molecule has 0 aliphatic carbocycles. The second-order valence-corrected chi connectivity index (χ2v) is 17.6. The second-order valence-electron chi connectivity index (χ2n) is 14.3. The lowest BCUT2D eigenvalue weighted by atomic mass is 9.98. The first-order valence-electron chi connectivity index (χ1n) is 15.3. The number of ether oxygens (including phenoxy) is 3. The van der Waals surface area contributed by atoms with Gasteiger partial charge in [0.25, 0.3) is 0 Å². The van der Waals surface area contributed by atoms with Gasteiger partial charge in [-0.3, -0.25) is 14.3 Å². The number of carbonyl (C=O) groups is 3. The van der Waals surface area contributed by atoms with E-state index in [1.807, 2.05) is 24.3 Å². The van der Waals surface area contributed by atoms with E-state index in [0.717, 1.165) is 10.5 Å². The van der Waals surface area contributed by atoms with Crippen LogP contribution in [0.2, 0.25) is 5.02 Å². The number of esters is 1. The van der Waals surface area contributed by atoms with Gasteiger partial charge in [0.2, 0.25) is 7.37 Å². The standard InChI is InChI=1S/C32H52ClN2O8P/c1-11-40-44(39)21-20-34(22-24-14-16-25(33)17-15-24)23-32(44,26(36)41-29(2,3)4)18-12-13-19-35(27(37)42-30(5,6)7)28(38)43-31(8,9)10/h14-17H,11-13,18-23H2,1-10H3. The average Bonchev–Trinajstić information content (AvgIpc) is 2.84. The molecule has 2 rings (SSSR count). The average molecular weight is 659 g/mol. The number of benzene rings is 1. The Morgan fingerprint density at radius 2 is 1.41 bits per heavy atom. The van der Waals surface area contributed by atoms with Crippen LogP contribution >= 0.6 is 19.0 Å². The Morgan fingerprint density at radius 3 is 1.89 bits per heavy atom. The van der Waals surface area contributed by atoms with Crippen molar-refractivity contribution in [2.75, 3.05) is 32.4 Å². The van der Waals surface area contributed by atoms with E-state index in [1.54, 1.807) is 69.2 Å². The third-order valence-corrected chi connectivity index (χ3v) is 10.3. The molecule has 0 spiro atoms. The minimum Gasteiger partial charge on any atom is -0.459 e. The molecule has 1 saturated heterocycles. The van der Waals surface area contributed by atoms with Crippen molar-refractivity contribution in [2.24, 2.45) is 0 Å². The van der Waals surface area contributed by atoms with Gasteiger partial charge in [-0.05, 0) is 106 Å². The van der Waals surface area contributed by atoms with Gasteiger partial charge >= 0.3 is 18.2 Å². The van der Waals surface area contributed by atoms with Crippen LogP contribution in [-0.4, -0.2) is 82.3 Å². The molecule has 2 unspecified atom stereocenters. The normalized spacial score (nSPS) is 21.4. The van der Waals surface area contributed by atoms with Crippen LogP contribution in [0.5, 0.6) is 0 Å². The molecular weight excluding hydrogens is 607 g/mol. The number of imide groups is 1. The number of halogens is 1. The highest BCUT2D eigenvalue weighted by Gasteiger charge is 2.59. The highest BCUT2D eigenvalue weighted by atomic mass is 35.5. The van der Waals surface area contributed by atoms with Crippen LogP contribution in [0, 0.1) is 0 Å². The van der Waals surface area contributed by atoms with Gasteiger partial charge in [0, 0.05) is 37.4 Å². The molecule has 1 fully saturated rings. The highest BCUT2D eigenvalue weighted by Crippen LogP contribution is 2.64. The summed E-state index contributed by atoms with van der Waals surface area (Å²) in [6, 6.07) is 7.48. The molecule has 1 aromatic carbocycles. The van der Waals surface area contributed by atoms with Crippen LogP contribution in [0.15, 0.2) is 24.3 Å². The fraction of sp³-hybridized carbons (Fsp3) is 0.719. The van der Waals surface area contributed by atoms with Crippen molar-refractivity contribution in [1.82, 2.24) is 9.80 Å². The van der Waals surface area contributed by atoms with Gasteiger partial charge in [0.1, 0.15) is 16.8 Å². The molecule has 1 aliphatic rings. The number of hydrogen-bond donors (Lipinski definition) is 0. The van der Waals surface area contributed by atoms with Crippen molar-refractivity contribution >= 4 is 37.1 Å². The molecule has 10 nitrogen and oxygen atoms in total. The number of rotatable bonds is 10. The summed E-state index contributed by atoms with van der Waals surface area (Å²) in [5, 5.41) is -0.813. The highest BCUT2D eigenvalue weighted by molar-refractivity contribution is 7.62. The summed E-state index contributed by atoms with van der Waals surface area (Å²) in [4.78, 5) is 43.1. The van der Waals surface area contributed by atoms with Crippen LogP contribution in [0.3, 0.4) is 0 Å². The summed E-state index contributed by atoms with van der Waals surface area (Å²) in [6.45, 7) is 18.7. The van der Waals surface area contributed by atoms with E-state index in [0.29, 0.717) is 31.0 Å². The number of hydrogen-bond acceptors (Lipinski definition) is 9. The maximum Gasteiger partial charge on any atom is 0.419 e. The van der Waals surface area contributed by atoms with Crippen LogP contribution in [0.1, 0.15) is 94.1 Å². The van der Waals surface area contributed by atoms with E-state index in [9.17, 15) is 18.9 Å². The lowest BCUT2D eigenvalue weighted by Crippen LogP contribution is -2.56. The predicted octanol–water partition coefficient (Wildman–Crippen LogP) is 7.89. The fourth-order valence-corrected chi connectivity index (χ4v) is 8.06. The Balaban J connectivity index is 2.37. The molecule has 44 heavy (non-hydrogen) atoms. The van der Waals surface area contributed by atoms with Gasteiger partial charge in [-0.15, -0.1) is 0 Å². The molecule has 0 bridgehead atoms. The van der Waals surface area contributed by atoms with Gasteiger partial charge in [0.15, 0.2) is 5.16 Å². The zero-order valence-electron chi connectivity index (χ0n) is 28.2. The fourth-order valence-electron chi connectivity index (χ4n) is 4.93. The van der Waals surface area contributed by atoms with Gasteiger partial charge in [-0.25, -0.2) is 14.5 Å². The van der Waals surface area contributed by atoms with E-state index >= 15 is 0 Å². The van der Waals surface area contributed by atoms with Crippen LogP contribution in [0.25, 0.3) is 0 Å². The second kappa shape index (κ2) is 15.0. The monoisotopic (exact) mass is 658 g/mol. The smallest absolute Gasteiger partial charge is 0.419 e. The predicted molar refractivity (Wildman–Crippen MR) is 172 cm³/mol. The van der Waals surface area contributed by atoms with Crippen LogP contribution in [0.4, 0.5) is 9.59 Å². The van der Waals surface area contributed by atoms with Gasteiger partial charge < -0.3 is 18.7 Å². The maximum absolute atomic E-state index is 14.6. The molecule has 1 aliphatic heterocycles. The topological polar surface area (TPSA) is 112 Å². The lowest BCUT2D eigenvalue weighted by Gasteiger charge is -2.46. The van der Waals surface area contributed by atoms with Crippen molar-refractivity contribution in [3.05, 3.63) is 34.9 Å². The molecule has 12 heteroatoms. The summed E-state index contributed by atoms with van der Waals surface area (Å²) in [5.41, 5.74) is -1.45. The Labute approximate surface area is 268 Å². The van der Waals surface area contributed by atoms with Crippen LogP contribution < -0.4 is 0 Å². The Kier molecular flexibility index (Phi) is 13.0. The van der Waals surface area contributed by atoms with Crippen molar-refractivity contribution < 1.29 is 37.7 Å². The van der Waals surface area contributed by atoms with Crippen molar-refractivity contribution in [3.8, 4) is 0 Å². The summed E-state index contributed by atoms with van der Waals surface area (Å²) < 4.78 is 37.4. The SMILES string of the molecule is CCOP1(=O)CCN(Cc2ccc(Cl)cc2)CC1(CCCCN(C(=O)OC(C)(C)C)C(=O)OC(C)(C)C)C(=O)OC(C)(C)C. The van der Waals surface area contributed by atoms with E-state index in [1.165, 1.54) is 0 Å². The molecule has 2 atom stereocenters. The summed E-state index contributed by atoms with van der Waals surface area (Å²) >= 11 is 6.08. The summed E-state index contributed by atoms with van der Waals surface area (Å²) in [5.74, 6) is -0.571. The Hall–Kier alpha value is -2.13. The van der Waals surface area contributed by atoms with E-state index in [2.05, 4.69) is 4.90 Å². The molecule has 2 amide bonds. The number of nitrogens with zero attached hydrogens (tertiary/aromatic N) is 2. The van der Waals surface area contributed by atoms with Crippen molar-refractivity contribution in [3.63, 3.8) is 0 Å². The molecule has 0 aromatic heterocycles. The first kappa shape index (κ1) is 38.1. The maximum atomic E-state index is 14.6. The zero-order chi connectivity index (χ0) is 33.6. The minimum absolute atomic E-state index is 0.0123. The number of carbonyl (C=O) groups excluding carboxylic acids is 3. The van der Waals surface area contributed by atoms with E-state index in [4.69, 9.17) is 30.3 Å². The zero-order valence-corrected chi connectivity index (χ0v) is 29.8. The lowest BCUT2D eigenvalue weighted by molar-refractivity contribution is -0.160. The van der Waals surface area contributed by atoms with Crippen LogP contribution in [-0.2, 0) is 34.6 Å². The van der Waals surface area contributed by atoms with Crippen molar-refractivity contribution in [2.45, 2.75) is 117 Å². The van der Waals surface area contributed by atoms with Crippen molar-refractivity contribution in [1.29, 1.82) is 0 Å². The third kappa shape index (κ3) is 11.3. The number of amides is 2. The quantitative estimate of drug-likeness (QED) is 0.107. The first-order chi connectivity index (χ1) is 20.1. The van der Waals surface area contributed by atoms with Gasteiger partial charge in [-0.2, -0.15) is 0 Å². The molecule has 0 saturated carbocycles. The third-order valence-electron chi connectivity index (χ3n) is 6.73. The Morgan fingerprint density at radius 1 is 0.886 bits per heavy atom. The van der Waals surface area contributed by atoms with E-state index < -0.39 is 47.5 Å². The largest absolute Gasteiger partial charge is 0.459 e. The molecule has 1 aromatic rings. The molecule has 1 heterocycles. The molecule has 0 radical (unpaired) electrons. The summed E-state index contributed by atoms with van der Waals surface area (Å²) in [7, 11) is -3.54. The number of unbranched alkanes of at least 4 members (excludes halogenated alkanes) is 1. The van der Waals surface area contributed by atoms with E-state index in [-0.39, 0.29) is 32.3 Å². The first-order valence-corrected chi connectivity index (χ1v) is 17.5. The van der Waals surface area contributed by atoms with Gasteiger partial charge in [0.05, 0.1) is 6.61 Å².